The summed E-state index contributed by atoms with van der Waals surface area (Å²) in [5.74, 6) is -0.559. The molecule has 2 atom stereocenters. The van der Waals surface area contributed by atoms with E-state index in [0.29, 0.717) is 13.2 Å². The SMILES string of the molecule is CCCN(C(=S)c1ccc(Br)cc1)C1CCCCC(OCC)(OCC)C1N1CCCC1. The molecule has 0 radical (unpaired) electrons. The highest BCUT2D eigenvalue weighted by molar-refractivity contribution is 9.10. The van der Waals surface area contributed by atoms with Crippen molar-refractivity contribution in [2.24, 2.45) is 0 Å². The molecule has 1 aromatic carbocycles. The fraction of sp³-hybridized carbons (Fsp3) is 0.720. The third kappa shape index (κ3) is 5.89. The number of likely N-dealkylation sites (tertiary alicyclic amines) is 1. The highest BCUT2D eigenvalue weighted by atomic mass is 79.9. The van der Waals surface area contributed by atoms with E-state index in [4.69, 9.17) is 21.7 Å². The van der Waals surface area contributed by atoms with E-state index in [2.05, 4.69) is 70.8 Å². The average Bonchev–Trinajstić information content (AvgIpc) is 3.22. The molecule has 31 heavy (non-hydrogen) atoms. The molecule has 1 heterocycles. The summed E-state index contributed by atoms with van der Waals surface area (Å²) in [6.07, 6.45) is 7.96. The molecule has 2 aliphatic rings. The average molecular weight is 512 g/mol. The van der Waals surface area contributed by atoms with Gasteiger partial charge in [0.15, 0.2) is 5.79 Å². The lowest BCUT2D eigenvalue weighted by atomic mass is 9.93. The maximum atomic E-state index is 6.54. The van der Waals surface area contributed by atoms with E-state index < -0.39 is 5.79 Å². The minimum atomic E-state index is -0.559. The van der Waals surface area contributed by atoms with Crippen molar-refractivity contribution in [3.63, 3.8) is 0 Å². The number of benzene rings is 1. The zero-order valence-electron chi connectivity index (χ0n) is 19.4. The summed E-state index contributed by atoms with van der Waals surface area (Å²) in [6, 6.07) is 8.92. The Morgan fingerprint density at radius 2 is 1.71 bits per heavy atom. The van der Waals surface area contributed by atoms with Crippen molar-refractivity contribution >= 4 is 33.1 Å². The predicted octanol–water partition coefficient (Wildman–Crippen LogP) is 6.01. The van der Waals surface area contributed by atoms with Gasteiger partial charge in [-0.3, -0.25) is 4.90 Å². The van der Waals surface area contributed by atoms with Crippen LogP contribution in [0.25, 0.3) is 0 Å². The molecule has 174 valence electrons. The number of thiocarbonyl (C=S) groups is 1. The van der Waals surface area contributed by atoms with Gasteiger partial charge >= 0.3 is 0 Å². The maximum absolute atomic E-state index is 6.54. The van der Waals surface area contributed by atoms with Gasteiger partial charge in [-0.2, -0.15) is 0 Å². The Morgan fingerprint density at radius 3 is 2.29 bits per heavy atom. The summed E-state index contributed by atoms with van der Waals surface area (Å²) in [5.41, 5.74) is 1.12. The van der Waals surface area contributed by atoms with Crippen molar-refractivity contribution in [2.45, 2.75) is 83.6 Å². The number of hydrogen-bond donors (Lipinski definition) is 0. The third-order valence-corrected chi connectivity index (χ3v) is 7.62. The minimum absolute atomic E-state index is 0.192. The van der Waals surface area contributed by atoms with E-state index in [0.717, 1.165) is 60.3 Å². The standard InChI is InChI=1S/C25H39BrN2O2S/c1-4-17-28(24(31)20-12-14-21(26)15-13-20)22-11-7-8-16-25(29-5-2,30-6-3)23(22)27-18-9-10-19-27/h12-15,22-23H,4-11,16-19H2,1-3H3. The lowest BCUT2D eigenvalue weighted by Gasteiger charge is -2.49. The maximum Gasteiger partial charge on any atom is 0.185 e. The second-order valence-electron chi connectivity index (χ2n) is 8.68. The summed E-state index contributed by atoms with van der Waals surface area (Å²) in [7, 11) is 0. The normalized spacial score (nSPS) is 24.1. The van der Waals surface area contributed by atoms with Gasteiger partial charge in [0.25, 0.3) is 0 Å². The van der Waals surface area contributed by atoms with Crippen LogP contribution in [0.4, 0.5) is 0 Å². The quantitative estimate of drug-likeness (QED) is 0.230. The second-order valence-corrected chi connectivity index (χ2v) is 9.99. The third-order valence-electron chi connectivity index (χ3n) is 6.62. The molecule has 1 saturated carbocycles. The molecule has 2 unspecified atom stereocenters. The lowest BCUT2D eigenvalue weighted by Crippen LogP contribution is -2.64. The van der Waals surface area contributed by atoms with E-state index in [1.54, 1.807) is 0 Å². The summed E-state index contributed by atoms with van der Waals surface area (Å²) in [6.45, 7) is 11.0. The van der Waals surface area contributed by atoms with E-state index in [1.807, 2.05) is 0 Å². The Kier molecular flexibility index (Phi) is 9.78. The van der Waals surface area contributed by atoms with Crippen LogP contribution in [0.5, 0.6) is 0 Å². The highest BCUT2D eigenvalue weighted by Crippen LogP contribution is 2.39. The van der Waals surface area contributed by atoms with Gasteiger partial charge in [0.05, 0.1) is 12.1 Å². The van der Waals surface area contributed by atoms with Crippen LogP contribution in [-0.2, 0) is 9.47 Å². The van der Waals surface area contributed by atoms with E-state index in [9.17, 15) is 0 Å². The van der Waals surface area contributed by atoms with Crippen molar-refractivity contribution < 1.29 is 9.47 Å². The number of rotatable bonds is 9. The zero-order valence-corrected chi connectivity index (χ0v) is 21.8. The summed E-state index contributed by atoms with van der Waals surface area (Å²) in [5, 5.41) is 0. The monoisotopic (exact) mass is 510 g/mol. The topological polar surface area (TPSA) is 24.9 Å². The Morgan fingerprint density at radius 1 is 1.06 bits per heavy atom. The lowest BCUT2D eigenvalue weighted by molar-refractivity contribution is -0.273. The summed E-state index contributed by atoms with van der Waals surface area (Å²) in [4.78, 5) is 6.10. The first-order valence-corrected chi connectivity index (χ1v) is 13.3. The largest absolute Gasteiger partial charge is 0.358 e. The molecule has 0 amide bonds. The molecule has 1 aliphatic heterocycles. The Labute approximate surface area is 202 Å². The van der Waals surface area contributed by atoms with Crippen molar-refractivity contribution in [3.8, 4) is 0 Å². The van der Waals surface area contributed by atoms with Gasteiger partial charge in [0.2, 0.25) is 0 Å². The molecular weight excluding hydrogens is 472 g/mol. The van der Waals surface area contributed by atoms with Crippen LogP contribution in [0.3, 0.4) is 0 Å². The van der Waals surface area contributed by atoms with Gasteiger partial charge in [-0.05, 0) is 71.2 Å². The smallest absolute Gasteiger partial charge is 0.185 e. The Hall–Kier alpha value is -0.530. The molecular formula is C25H39BrN2O2S. The second kappa shape index (κ2) is 12.1. The summed E-state index contributed by atoms with van der Waals surface area (Å²) >= 11 is 9.67. The van der Waals surface area contributed by atoms with Crippen molar-refractivity contribution in [1.29, 1.82) is 0 Å². The molecule has 0 spiro atoms. The van der Waals surface area contributed by atoms with Crippen LogP contribution >= 0.6 is 28.1 Å². The molecule has 0 aromatic heterocycles. The van der Waals surface area contributed by atoms with Crippen molar-refractivity contribution in [3.05, 3.63) is 34.3 Å². The highest BCUT2D eigenvalue weighted by Gasteiger charge is 2.51. The van der Waals surface area contributed by atoms with Gasteiger partial charge in [-0.15, -0.1) is 0 Å². The van der Waals surface area contributed by atoms with Gasteiger partial charge < -0.3 is 14.4 Å². The molecule has 0 bridgehead atoms. The van der Waals surface area contributed by atoms with Gasteiger partial charge in [0.1, 0.15) is 4.99 Å². The van der Waals surface area contributed by atoms with E-state index in [-0.39, 0.29) is 12.1 Å². The van der Waals surface area contributed by atoms with Gasteiger partial charge in [-0.25, -0.2) is 0 Å². The predicted molar refractivity (Wildman–Crippen MR) is 136 cm³/mol. The van der Waals surface area contributed by atoms with Crippen LogP contribution in [0, 0.1) is 0 Å². The fourth-order valence-corrected chi connectivity index (χ4v) is 6.08. The number of ether oxygens (including phenoxy) is 2. The molecule has 1 aliphatic carbocycles. The molecule has 1 saturated heterocycles. The first kappa shape index (κ1) is 25.1. The molecule has 2 fully saturated rings. The molecule has 6 heteroatoms. The molecule has 1 aromatic rings. The van der Waals surface area contributed by atoms with Crippen molar-refractivity contribution in [1.82, 2.24) is 9.80 Å². The van der Waals surface area contributed by atoms with Gasteiger partial charge in [-0.1, -0.05) is 53.6 Å². The first-order chi connectivity index (χ1) is 15.1. The van der Waals surface area contributed by atoms with E-state index >= 15 is 0 Å². The Bertz CT molecular complexity index is 687. The van der Waals surface area contributed by atoms with Crippen LogP contribution in [0.15, 0.2) is 28.7 Å². The van der Waals surface area contributed by atoms with Crippen LogP contribution in [0.1, 0.15) is 71.3 Å². The number of nitrogens with zero attached hydrogens (tertiary/aromatic N) is 2. The van der Waals surface area contributed by atoms with Gasteiger partial charge in [0, 0.05) is 36.2 Å². The van der Waals surface area contributed by atoms with Crippen LogP contribution < -0.4 is 0 Å². The zero-order chi connectivity index (χ0) is 22.3. The number of hydrogen-bond acceptors (Lipinski definition) is 4. The van der Waals surface area contributed by atoms with Crippen LogP contribution in [-0.4, -0.2) is 65.5 Å². The van der Waals surface area contributed by atoms with E-state index in [1.165, 1.54) is 19.3 Å². The molecule has 3 rings (SSSR count). The van der Waals surface area contributed by atoms with Crippen molar-refractivity contribution in [2.75, 3.05) is 32.8 Å². The fourth-order valence-electron chi connectivity index (χ4n) is 5.45. The molecule has 0 N–H and O–H groups in total. The molecule has 4 nitrogen and oxygen atoms in total. The first-order valence-electron chi connectivity index (χ1n) is 12.1. The van der Waals surface area contributed by atoms with Crippen LogP contribution in [0.2, 0.25) is 0 Å². The number of halogens is 1. The minimum Gasteiger partial charge on any atom is -0.358 e. The Balaban J connectivity index is 2.02. The summed E-state index contributed by atoms with van der Waals surface area (Å²) < 4.78 is 14.2.